The van der Waals surface area contributed by atoms with Crippen LogP contribution in [0.25, 0.3) is 0 Å². The average Bonchev–Trinajstić information content (AvgIpc) is 2.90. The molecule has 0 aromatic heterocycles. The second-order valence-electron chi connectivity index (χ2n) is 5.56. The highest BCUT2D eigenvalue weighted by molar-refractivity contribution is 6.16. The minimum atomic E-state index is -0.922. The Labute approximate surface area is 133 Å². The summed E-state index contributed by atoms with van der Waals surface area (Å²) in [6.45, 7) is 3.47. The molecular weight excluding hydrogens is 296 g/mol. The van der Waals surface area contributed by atoms with Crippen LogP contribution < -0.4 is 11.5 Å². The molecule has 2 aliphatic carbocycles. The lowest BCUT2D eigenvalue weighted by Gasteiger charge is -2.03. The van der Waals surface area contributed by atoms with E-state index in [4.69, 9.17) is 11.5 Å². The first-order chi connectivity index (χ1) is 10.7. The zero-order valence-corrected chi connectivity index (χ0v) is 12.9. The van der Waals surface area contributed by atoms with E-state index >= 15 is 0 Å². The third kappa shape index (κ3) is 3.01. The lowest BCUT2D eigenvalue weighted by Crippen LogP contribution is -2.26. The summed E-state index contributed by atoms with van der Waals surface area (Å²) in [6, 6.07) is 0. The molecule has 0 aromatic carbocycles. The lowest BCUT2D eigenvalue weighted by atomic mass is 10.0. The summed E-state index contributed by atoms with van der Waals surface area (Å²) >= 11 is 0. The van der Waals surface area contributed by atoms with E-state index in [2.05, 4.69) is 0 Å². The van der Waals surface area contributed by atoms with E-state index in [9.17, 15) is 19.5 Å². The van der Waals surface area contributed by atoms with Gasteiger partial charge in [-0.1, -0.05) is 30.4 Å². The van der Waals surface area contributed by atoms with Crippen LogP contribution in [0.3, 0.4) is 0 Å². The van der Waals surface area contributed by atoms with E-state index in [1.807, 2.05) is 0 Å². The van der Waals surface area contributed by atoms with Crippen LogP contribution in [-0.2, 0) is 14.4 Å². The fourth-order valence-corrected chi connectivity index (χ4v) is 2.66. The number of allylic oxidation sites excluding steroid dienone is 7. The SMILES string of the molecule is CC1=CC(C(N)=O)C(O)=C1/C=C/C=C1\C(=O)C(C(N)=O)C=C1C. The number of amides is 2. The molecule has 0 saturated heterocycles. The number of rotatable bonds is 4. The second-order valence-corrected chi connectivity index (χ2v) is 5.56. The van der Waals surface area contributed by atoms with Gasteiger partial charge in [-0.3, -0.25) is 14.4 Å². The number of hydrogen-bond donors (Lipinski definition) is 3. The largest absolute Gasteiger partial charge is 0.510 e. The van der Waals surface area contributed by atoms with E-state index in [1.165, 1.54) is 6.08 Å². The summed E-state index contributed by atoms with van der Waals surface area (Å²) in [5, 5.41) is 10.0. The standard InChI is InChI=1S/C17H18N2O4/c1-8-6-12(16(18)22)14(20)10(8)4-3-5-11-9(2)7-13(15(11)21)17(19)23/h3-7,12-13,20H,1-2H3,(H2,18,22)(H2,19,23)/b4-3+,11-5-. The summed E-state index contributed by atoms with van der Waals surface area (Å²) < 4.78 is 0. The number of nitrogens with two attached hydrogens (primary N) is 2. The van der Waals surface area contributed by atoms with Crippen molar-refractivity contribution in [2.75, 3.05) is 0 Å². The number of primary amides is 2. The maximum absolute atomic E-state index is 12.1. The Hall–Kier alpha value is -2.89. The van der Waals surface area contributed by atoms with Gasteiger partial charge in [0, 0.05) is 11.1 Å². The fraction of sp³-hybridized carbons (Fsp3) is 0.235. The van der Waals surface area contributed by atoms with Gasteiger partial charge < -0.3 is 16.6 Å². The molecule has 2 rings (SSSR count). The van der Waals surface area contributed by atoms with E-state index in [0.717, 1.165) is 5.57 Å². The van der Waals surface area contributed by atoms with Crippen molar-refractivity contribution in [3.05, 3.63) is 58.4 Å². The number of carbonyl (C=O) groups is 3. The molecule has 2 aliphatic rings. The van der Waals surface area contributed by atoms with Crippen LogP contribution >= 0.6 is 0 Å². The van der Waals surface area contributed by atoms with E-state index in [-0.39, 0.29) is 11.5 Å². The Morgan fingerprint density at radius 3 is 2.13 bits per heavy atom. The van der Waals surface area contributed by atoms with Gasteiger partial charge in [0.2, 0.25) is 11.8 Å². The van der Waals surface area contributed by atoms with Gasteiger partial charge >= 0.3 is 0 Å². The molecule has 5 N–H and O–H groups in total. The van der Waals surface area contributed by atoms with Crippen LogP contribution in [-0.4, -0.2) is 22.7 Å². The molecule has 0 bridgehead atoms. The third-order valence-electron chi connectivity index (χ3n) is 3.94. The first-order valence-corrected chi connectivity index (χ1v) is 7.06. The molecule has 0 heterocycles. The van der Waals surface area contributed by atoms with Crippen molar-refractivity contribution in [3.63, 3.8) is 0 Å². The molecule has 0 aromatic rings. The molecule has 0 aliphatic heterocycles. The summed E-state index contributed by atoms with van der Waals surface area (Å²) in [7, 11) is 0. The smallest absolute Gasteiger partial charge is 0.232 e. The van der Waals surface area contributed by atoms with Crippen molar-refractivity contribution >= 4 is 17.6 Å². The molecule has 0 spiro atoms. The van der Waals surface area contributed by atoms with Crippen LogP contribution in [0.5, 0.6) is 0 Å². The highest BCUT2D eigenvalue weighted by Crippen LogP contribution is 2.30. The average molecular weight is 314 g/mol. The van der Waals surface area contributed by atoms with Crippen molar-refractivity contribution < 1.29 is 19.5 Å². The predicted octanol–water partition coefficient (Wildman–Crippen LogP) is 0.973. The maximum atomic E-state index is 12.1. The normalized spacial score (nSPS) is 26.2. The topological polar surface area (TPSA) is 123 Å². The number of aliphatic hydroxyl groups is 1. The van der Waals surface area contributed by atoms with E-state index in [0.29, 0.717) is 16.7 Å². The monoisotopic (exact) mass is 314 g/mol. The Morgan fingerprint density at radius 2 is 1.65 bits per heavy atom. The summed E-state index contributed by atoms with van der Waals surface area (Å²) in [5.41, 5.74) is 12.7. The van der Waals surface area contributed by atoms with Crippen LogP contribution in [0.1, 0.15) is 13.8 Å². The predicted molar refractivity (Wildman–Crippen MR) is 84.8 cm³/mol. The molecule has 23 heavy (non-hydrogen) atoms. The molecule has 0 fully saturated rings. The van der Waals surface area contributed by atoms with Gasteiger partial charge in [0.15, 0.2) is 5.78 Å². The van der Waals surface area contributed by atoms with Crippen LogP contribution in [0.15, 0.2) is 58.4 Å². The summed E-state index contributed by atoms with van der Waals surface area (Å²) in [5.74, 6) is -3.50. The van der Waals surface area contributed by atoms with Gasteiger partial charge in [0.05, 0.1) is 0 Å². The van der Waals surface area contributed by atoms with Gasteiger partial charge in [0.1, 0.15) is 17.6 Å². The summed E-state index contributed by atoms with van der Waals surface area (Å²) in [6.07, 6.45) is 7.85. The Bertz CT molecular complexity index is 751. The Kier molecular flexibility index (Phi) is 4.36. The summed E-state index contributed by atoms with van der Waals surface area (Å²) in [4.78, 5) is 34.5. The number of aliphatic hydroxyl groups excluding tert-OH is 1. The van der Waals surface area contributed by atoms with E-state index < -0.39 is 23.7 Å². The van der Waals surface area contributed by atoms with Gasteiger partial charge in [-0.15, -0.1) is 0 Å². The van der Waals surface area contributed by atoms with Crippen molar-refractivity contribution in [1.82, 2.24) is 0 Å². The molecule has 0 radical (unpaired) electrons. The van der Waals surface area contributed by atoms with Crippen LogP contribution in [0, 0.1) is 11.8 Å². The molecule has 6 heteroatoms. The molecule has 120 valence electrons. The van der Waals surface area contributed by atoms with Crippen molar-refractivity contribution in [1.29, 1.82) is 0 Å². The quantitative estimate of drug-likeness (QED) is 0.528. The van der Waals surface area contributed by atoms with Crippen LogP contribution in [0.4, 0.5) is 0 Å². The zero-order valence-electron chi connectivity index (χ0n) is 12.9. The molecular formula is C17H18N2O4. The number of hydrogen-bond acceptors (Lipinski definition) is 4. The van der Waals surface area contributed by atoms with E-state index in [1.54, 1.807) is 38.2 Å². The van der Waals surface area contributed by atoms with Crippen LogP contribution in [0.2, 0.25) is 0 Å². The highest BCUT2D eigenvalue weighted by atomic mass is 16.3. The molecule has 2 atom stereocenters. The third-order valence-corrected chi connectivity index (χ3v) is 3.94. The number of ketones is 1. The first-order valence-electron chi connectivity index (χ1n) is 7.06. The zero-order chi connectivity index (χ0) is 17.3. The lowest BCUT2D eigenvalue weighted by molar-refractivity contribution is -0.127. The maximum Gasteiger partial charge on any atom is 0.232 e. The van der Waals surface area contributed by atoms with Gasteiger partial charge in [-0.25, -0.2) is 0 Å². The van der Waals surface area contributed by atoms with Gasteiger partial charge in [-0.05, 0) is 25.0 Å². The van der Waals surface area contributed by atoms with Gasteiger partial charge in [0.25, 0.3) is 0 Å². The minimum absolute atomic E-state index is 0.107. The fourth-order valence-electron chi connectivity index (χ4n) is 2.66. The van der Waals surface area contributed by atoms with Gasteiger partial charge in [-0.2, -0.15) is 0 Å². The Balaban J connectivity index is 2.24. The minimum Gasteiger partial charge on any atom is -0.510 e. The first kappa shape index (κ1) is 16.5. The van der Waals surface area contributed by atoms with Crippen molar-refractivity contribution in [2.45, 2.75) is 13.8 Å². The highest BCUT2D eigenvalue weighted by Gasteiger charge is 2.31. The Morgan fingerprint density at radius 1 is 1.09 bits per heavy atom. The molecule has 2 unspecified atom stereocenters. The molecule has 0 saturated carbocycles. The van der Waals surface area contributed by atoms with Crippen molar-refractivity contribution in [3.8, 4) is 0 Å². The molecule has 6 nitrogen and oxygen atoms in total. The number of carbonyl (C=O) groups excluding carboxylic acids is 3. The van der Waals surface area contributed by atoms with Crippen molar-refractivity contribution in [2.24, 2.45) is 23.3 Å². The number of Topliss-reactive ketones (excluding diaryl/α,β-unsaturated/α-hetero) is 1. The second kappa shape index (κ2) is 6.08. The molecule has 2 amide bonds.